The Morgan fingerprint density at radius 3 is 2.59 bits per heavy atom. The zero-order valence-electron chi connectivity index (χ0n) is 9.07. The number of rotatable bonds is 3. The maximum absolute atomic E-state index is 13.5. The van der Waals surface area contributed by atoms with E-state index in [9.17, 15) is 14.0 Å². The van der Waals surface area contributed by atoms with Crippen LogP contribution in [0.25, 0.3) is 0 Å². The van der Waals surface area contributed by atoms with Gasteiger partial charge in [0.25, 0.3) is 0 Å². The van der Waals surface area contributed by atoms with Crippen LogP contribution in [0.5, 0.6) is 0 Å². The topological polar surface area (TPSA) is 34.1 Å². The van der Waals surface area contributed by atoms with Crippen molar-refractivity contribution < 1.29 is 14.0 Å². The minimum atomic E-state index is -0.546. The normalized spacial score (nSPS) is 10.2. The summed E-state index contributed by atoms with van der Waals surface area (Å²) in [7, 11) is 0. The van der Waals surface area contributed by atoms with E-state index in [4.69, 9.17) is 0 Å². The van der Waals surface area contributed by atoms with Gasteiger partial charge in [-0.3, -0.25) is 9.59 Å². The predicted octanol–water partition coefficient (Wildman–Crippen LogP) is 3.24. The van der Waals surface area contributed by atoms with Crippen LogP contribution in [0.15, 0.2) is 30.3 Å². The Morgan fingerprint density at radius 2 is 2.00 bits per heavy atom. The number of carbonyl (C=O) groups is 2. The van der Waals surface area contributed by atoms with Gasteiger partial charge in [-0.1, -0.05) is 12.1 Å². The lowest BCUT2D eigenvalue weighted by molar-refractivity contribution is 0.103. The number of ketones is 1. The lowest BCUT2D eigenvalue weighted by Crippen LogP contribution is -2.04. The van der Waals surface area contributed by atoms with E-state index < -0.39 is 5.82 Å². The molecule has 1 heterocycles. The third-order valence-electron chi connectivity index (χ3n) is 2.42. The van der Waals surface area contributed by atoms with Crippen LogP contribution < -0.4 is 0 Å². The first kappa shape index (κ1) is 11.7. The van der Waals surface area contributed by atoms with Gasteiger partial charge in [0, 0.05) is 10.4 Å². The highest BCUT2D eigenvalue weighted by Crippen LogP contribution is 2.23. The van der Waals surface area contributed by atoms with Gasteiger partial charge in [0.05, 0.1) is 10.4 Å². The van der Waals surface area contributed by atoms with Crippen molar-refractivity contribution in [2.45, 2.75) is 6.92 Å². The second-order valence-corrected chi connectivity index (χ2v) is 4.83. The lowest BCUT2D eigenvalue weighted by Gasteiger charge is -2.01. The standard InChI is InChI=1S/C13H9FO2S/c1-8-11(6-9(7-15)17-8)13(16)10-4-2-3-5-12(10)14/h2-7H,1H3. The third-order valence-corrected chi connectivity index (χ3v) is 3.39. The van der Waals surface area contributed by atoms with E-state index in [-0.39, 0.29) is 11.3 Å². The van der Waals surface area contributed by atoms with Crippen LogP contribution in [0, 0.1) is 12.7 Å². The highest BCUT2D eigenvalue weighted by atomic mass is 32.1. The van der Waals surface area contributed by atoms with E-state index in [1.54, 1.807) is 13.0 Å². The summed E-state index contributed by atoms with van der Waals surface area (Å²) in [6, 6.07) is 7.33. The van der Waals surface area contributed by atoms with Gasteiger partial charge in [0.2, 0.25) is 0 Å². The van der Waals surface area contributed by atoms with E-state index in [0.29, 0.717) is 16.7 Å². The first-order valence-corrected chi connectivity index (χ1v) is 5.80. The van der Waals surface area contributed by atoms with Crippen molar-refractivity contribution in [2.75, 3.05) is 0 Å². The summed E-state index contributed by atoms with van der Waals surface area (Å²) in [5.74, 6) is -0.930. The Labute approximate surface area is 102 Å². The minimum Gasteiger partial charge on any atom is -0.297 e. The number of aryl methyl sites for hydroxylation is 1. The average molecular weight is 248 g/mol. The molecule has 0 saturated carbocycles. The number of thiophene rings is 1. The fourth-order valence-corrected chi connectivity index (χ4v) is 2.42. The molecule has 4 heteroatoms. The van der Waals surface area contributed by atoms with Gasteiger partial charge in [-0.25, -0.2) is 4.39 Å². The largest absolute Gasteiger partial charge is 0.297 e. The molecule has 2 aromatic rings. The fourth-order valence-electron chi connectivity index (χ4n) is 1.58. The number of aldehydes is 1. The average Bonchev–Trinajstić information content (AvgIpc) is 2.70. The third kappa shape index (κ3) is 2.17. The van der Waals surface area contributed by atoms with Crippen LogP contribution in [0.4, 0.5) is 4.39 Å². The smallest absolute Gasteiger partial charge is 0.197 e. The van der Waals surface area contributed by atoms with Crippen molar-refractivity contribution >= 4 is 23.4 Å². The number of halogens is 1. The van der Waals surface area contributed by atoms with E-state index in [1.165, 1.54) is 35.6 Å². The minimum absolute atomic E-state index is 0.0332. The quantitative estimate of drug-likeness (QED) is 0.617. The summed E-state index contributed by atoms with van der Waals surface area (Å²) in [5, 5.41) is 0. The molecule has 0 fully saturated rings. The number of hydrogen-bond acceptors (Lipinski definition) is 3. The van der Waals surface area contributed by atoms with Gasteiger partial charge < -0.3 is 0 Å². The van der Waals surface area contributed by atoms with E-state index >= 15 is 0 Å². The van der Waals surface area contributed by atoms with E-state index in [1.807, 2.05) is 0 Å². The lowest BCUT2D eigenvalue weighted by atomic mass is 10.0. The SMILES string of the molecule is Cc1sc(C=O)cc1C(=O)c1ccccc1F. The van der Waals surface area contributed by atoms with Crippen LogP contribution >= 0.6 is 11.3 Å². The van der Waals surface area contributed by atoms with Crippen molar-refractivity contribution in [3.63, 3.8) is 0 Å². The Bertz CT molecular complexity index is 587. The van der Waals surface area contributed by atoms with E-state index in [2.05, 4.69) is 0 Å². The Morgan fingerprint density at radius 1 is 1.29 bits per heavy atom. The van der Waals surface area contributed by atoms with E-state index in [0.717, 1.165) is 4.88 Å². The summed E-state index contributed by atoms with van der Waals surface area (Å²) in [6.07, 6.45) is 0.690. The molecular weight excluding hydrogens is 239 g/mol. The van der Waals surface area contributed by atoms with Crippen molar-refractivity contribution in [2.24, 2.45) is 0 Å². The highest BCUT2D eigenvalue weighted by Gasteiger charge is 2.17. The van der Waals surface area contributed by atoms with Crippen LogP contribution in [-0.4, -0.2) is 12.1 Å². The molecule has 0 spiro atoms. The summed E-state index contributed by atoms with van der Waals surface area (Å²) in [5.41, 5.74) is 0.424. The van der Waals surface area contributed by atoms with Gasteiger partial charge in [-0.05, 0) is 25.1 Å². The molecule has 0 radical (unpaired) electrons. The molecule has 0 aliphatic rings. The first-order valence-electron chi connectivity index (χ1n) is 4.98. The molecule has 0 atom stereocenters. The molecule has 17 heavy (non-hydrogen) atoms. The molecule has 0 unspecified atom stereocenters. The van der Waals surface area contributed by atoms with Gasteiger partial charge >= 0.3 is 0 Å². The molecule has 0 bridgehead atoms. The Kier molecular flexibility index (Phi) is 3.15. The Balaban J connectivity index is 2.47. The van der Waals surface area contributed by atoms with Crippen molar-refractivity contribution in [1.82, 2.24) is 0 Å². The molecule has 2 rings (SSSR count). The van der Waals surface area contributed by atoms with Crippen molar-refractivity contribution in [3.05, 3.63) is 57.0 Å². The molecule has 86 valence electrons. The number of benzene rings is 1. The van der Waals surface area contributed by atoms with Gasteiger partial charge in [-0.2, -0.15) is 0 Å². The predicted molar refractivity (Wildman–Crippen MR) is 64.3 cm³/mol. The number of hydrogen-bond donors (Lipinski definition) is 0. The van der Waals surface area contributed by atoms with Crippen molar-refractivity contribution in [1.29, 1.82) is 0 Å². The molecule has 2 nitrogen and oxygen atoms in total. The molecule has 1 aromatic heterocycles. The highest BCUT2D eigenvalue weighted by molar-refractivity contribution is 7.14. The van der Waals surface area contributed by atoms with Crippen LogP contribution in [0.3, 0.4) is 0 Å². The monoisotopic (exact) mass is 248 g/mol. The first-order chi connectivity index (χ1) is 8.13. The van der Waals surface area contributed by atoms with Gasteiger partial charge in [-0.15, -0.1) is 11.3 Å². The number of carbonyl (C=O) groups excluding carboxylic acids is 2. The molecule has 0 aliphatic carbocycles. The fraction of sp³-hybridized carbons (Fsp3) is 0.0769. The molecule has 1 aromatic carbocycles. The van der Waals surface area contributed by atoms with Crippen LogP contribution in [-0.2, 0) is 0 Å². The van der Waals surface area contributed by atoms with Gasteiger partial charge in [0.15, 0.2) is 12.1 Å². The van der Waals surface area contributed by atoms with Crippen LogP contribution in [0.1, 0.15) is 30.5 Å². The second kappa shape index (κ2) is 4.59. The maximum atomic E-state index is 13.5. The summed E-state index contributed by atoms with van der Waals surface area (Å²) in [6.45, 7) is 1.74. The molecule has 0 amide bonds. The van der Waals surface area contributed by atoms with Crippen LogP contribution in [0.2, 0.25) is 0 Å². The Hall–Kier alpha value is -1.81. The molecule has 0 saturated heterocycles. The molecule has 0 aliphatic heterocycles. The van der Waals surface area contributed by atoms with Gasteiger partial charge in [0.1, 0.15) is 5.82 Å². The summed E-state index contributed by atoms with van der Waals surface area (Å²) < 4.78 is 13.5. The zero-order chi connectivity index (χ0) is 12.4. The maximum Gasteiger partial charge on any atom is 0.197 e. The molecule has 0 N–H and O–H groups in total. The molecular formula is C13H9FO2S. The van der Waals surface area contributed by atoms with Crippen molar-refractivity contribution in [3.8, 4) is 0 Å². The summed E-state index contributed by atoms with van der Waals surface area (Å²) >= 11 is 1.23. The summed E-state index contributed by atoms with van der Waals surface area (Å²) in [4.78, 5) is 23.9. The zero-order valence-corrected chi connectivity index (χ0v) is 9.88. The second-order valence-electron chi connectivity index (χ2n) is 3.55.